The largest absolute Gasteiger partial charge is 0.313 e. The second-order valence-corrected chi connectivity index (χ2v) is 5.02. The summed E-state index contributed by atoms with van der Waals surface area (Å²) in [5, 5.41) is 3.22. The molecule has 104 valence electrons. The van der Waals surface area contributed by atoms with Crippen LogP contribution in [0.3, 0.4) is 0 Å². The number of rotatable bonds is 2. The molecule has 2 aromatic carbocycles. The molecule has 0 radical (unpaired) electrons. The highest BCUT2D eigenvalue weighted by atomic mass is 19.2. The van der Waals surface area contributed by atoms with E-state index in [2.05, 4.69) is 5.32 Å². The lowest BCUT2D eigenvalue weighted by Gasteiger charge is -2.11. The second kappa shape index (κ2) is 4.94. The SMILES string of the molecule is CNC1CCc2cc(-c3ccc(F)c(F)c3F)ccc21. The van der Waals surface area contributed by atoms with E-state index in [9.17, 15) is 13.2 Å². The molecule has 20 heavy (non-hydrogen) atoms. The molecule has 0 bridgehead atoms. The Labute approximate surface area is 115 Å². The fourth-order valence-corrected chi connectivity index (χ4v) is 2.83. The minimum atomic E-state index is -1.42. The standard InChI is InChI=1S/C16H14F3N/c1-20-14-7-3-9-8-10(2-4-11(9)14)12-5-6-13(17)16(19)15(12)18/h2,4-6,8,14,20H,3,7H2,1H3. The third-order valence-corrected chi connectivity index (χ3v) is 3.92. The highest BCUT2D eigenvalue weighted by Gasteiger charge is 2.22. The number of hydrogen-bond acceptors (Lipinski definition) is 1. The number of benzene rings is 2. The zero-order chi connectivity index (χ0) is 14.3. The number of nitrogens with one attached hydrogen (secondary N) is 1. The summed E-state index contributed by atoms with van der Waals surface area (Å²) in [7, 11) is 1.91. The van der Waals surface area contributed by atoms with Crippen molar-refractivity contribution in [2.75, 3.05) is 7.05 Å². The van der Waals surface area contributed by atoms with Gasteiger partial charge < -0.3 is 5.32 Å². The van der Waals surface area contributed by atoms with Crippen molar-refractivity contribution in [3.8, 4) is 11.1 Å². The van der Waals surface area contributed by atoms with Crippen molar-refractivity contribution in [1.29, 1.82) is 0 Å². The molecule has 0 fully saturated rings. The zero-order valence-electron chi connectivity index (χ0n) is 11.0. The molecule has 1 unspecified atom stereocenters. The van der Waals surface area contributed by atoms with Gasteiger partial charge in [-0.2, -0.15) is 0 Å². The Bertz CT molecular complexity index is 667. The summed E-state index contributed by atoms with van der Waals surface area (Å²) < 4.78 is 40.1. The van der Waals surface area contributed by atoms with Crippen molar-refractivity contribution in [2.45, 2.75) is 18.9 Å². The van der Waals surface area contributed by atoms with Gasteiger partial charge >= 0.3 is 0 Å². The molecule has 0 saturated heterocycles. The summed E-state index contributed by atoms with van der Waals surface area (Å²) in [6.45, 7) is 0. The lowest BCUT2D eigenvalue weighted by Crippen LogP contribution is -2.12. The summed E-state index contributed by atoms with van der Waals surface area (Å²) in [5.41, 5.74) is 3.00. The van der Waals surface area contributed by atoms with Gasteiger partial charge in [0.15, 0.2) is 17.5 Å². The monoisotopic (exact) mass is 277 g/mol. The number of aryl methyl sites for hydroxylation is 1. The molecule has 1 atom stereocenters. The summed E-state index contributed by atoms with van der Waals surface area (Å²) >= 11 is 0. The second-order valence-electron chi connectivity index (χ2n) is 5.02. The van der Waals surface area contributed by atoms with E-state index in [0.29, 0.717) is 11.6 Å². The Hall–Kier alpha value is -1.81. The predicted octanol–water partition coefficient (Wildman–Crippen LogP) is 3.98. The molecule has 1 aliphatic carbocycles. The van der Waals surface area contributed by atoms with Crippen molar-refractivity contribution < 1.29 is 13.2 Å². The van der Waals surface area contributed by atoms with Gasteiger partial charge in [0.05, 0.1) is 0 Å². The van der Waals surface area contributed by atoms with E-state index in [-0.39, 0.29) is 5.56 Å². The molecule has 1 nitrogen and oxygen atoms in total. The zero-order valence-corrected chi connectivity index (χ0v) is 11.0. The highest BCUT2D eigenvalue weighted by molar-refractivity contribution is 5.66. The maximum Gasteiger partial charge on any atom is 0.195 e. The number of halogens is 3. The first-order chi connectivity index (χ1) is 9.61. The Balaban J connectivity index is 2.07. The molecule has 0 heterocycles. The summed E-state index contributed by atoms with van der Waals surface area (Å²) in [4.78, 5) is 0. The quantitative estimate of drug-likeness (QED) is 0.819. The van der Waals surface area contributed by atoms with Crippen molar-refractivity contribution in [3.05, 3.63) is 58.9 Å². The molecule has 2 aromatic rings. The minimum absolute atomic E-state index is 0.0969. The topological polar surface area (TPSA) is 12.0 Å². The van der Waals surface area contributed by atoms with Gasteiger partial charge in [0.2, 0.25) is 0 Å². The first kappa shape index (κ1) is 13.2. The third kappa shape index (κ3) is 2.00. The van der Waals surface area contributed by atoms with Gasteiger partial charge in [-0.25, -0.2) is 13.2 Å². The van der Waals surface area contributed by atoms with Crippen molar-refractivity contribution in [3.63, 3.8) is 0 Å². The van der Waals surface area contributed by atoms with Crippen LogP contribution in [0, 0.1) is 17.5 Å². The Morgan fingerprint density at radius 2 is 1.85 bits per heavy atom. The van der Waals surface area contributed by atoms with Gasteiger partial charge in [0.1, 0.15) is 0 Å². The summed E-state index contributed by atoms with van der Waals surface area (Å²) in [5.74, 6) is -3.72. The van der Waals surface area contributed by atoms with E-state index < -0.39 is 17.5 Å². The van der Waals surface area contributed by atoms with E-state index >= 15 is 0 Å². The molecule has 4 heteroatoms. The van der Waals surface area contributed by atoms with E-state index in [1.807, 2.05) is 19.2 Å². The fraction of sp³-hybridized carbons (Fsp3) is 0.250. The molecule has 1 aliphatic rings. The minimum Gasteiger partial charge on any atom is -0.313 e. The summed E-state index contributed by atoms with van der Waals surface area (Å²) in [6.07, 6.45) is 1.90. The fourth-order valence-electron chi connectivity index (χ4n) is 2.83. The molecule has 0 amide bonds. The predicted molar refractivity (Wildman–Crippen MR) is 71.9 cm³/mol. The van der Waals surface area contributed by atoms with Crippen molar-refractivity contribution in [1.82, 2.24) is 5.32 Å². The third-order valence-electron chi connectivity index (χ3n) is 3.92. The lowest BCUT2D eigenvalue weighted by atomic mass is 9.99. The maximum absolute atomic E-state index is 13.8. The molecule has 0 saturated carbocycles. The Morgan fingerprint density at radius 3 is 2.60 bits per heavy atom. The average molecular weight is 277 g/mol. The lowest BCUT2D eigenvalue weighted by molar-refractivity contribution is 0.449. The van der Waals surface area contributed by atoms with E-state index in [1.165, 1.54) is 11.6 Å². The van der Waals surface area contributed by atoms with Crippen LogP contribution in [0.1, 0.15) is 23.6 Å². The van der Waals surface area contributed by atoms with Crippen molar-refractivity contribution in [2.24, 2.45) is 0 Å². The first-order valence-electron chi connectivity index (χ1n) is 6.55. The average Bonchev–Trinajstić information content (AvgIpc) is 2.87. The normalized spacial score (nSPS) is 17.3. The maximum atomic E-state index is 13.8. The molecule has 1 N–H and O–H groups in total. The first-order valence-corrected chi connectivity index (χ1v) is 6.55. The van der Waals surface area contributed by atoms with Crippen LogP contribution >= 0.6 is 0 Å². The highest BCUT2D eigenvalue weighted by Crippen LogP contribution is 2.35. The van der Waals surface area contributed by atoms with Crippen LogP contribution in [0.2, 0.25) is 0 Å². The van der Waals surface area contributed by atoms with Crippen LogP contribution < -0.4 is 5.32 Å². The molecule has 0 aliphatic heterocycles. The van der Waals surface area contributed by atoms with Crippen molar-refractivity contribution >= 4 is 0 Å². The Kier molecular flexibility index (Phi) is 3.26. The van der Waals surface area contributed by atoms with Gasteiger partial charge in [-0.3, -0.25) is 0 Å². The van der Waals surface area contributed by atoms with Gasteiger partial charge in [0.25, 0.3) is 0 Å². The van der Waals surface area contributed by atoms with Gasteiger partial charge in [-0.1, -0.05) is 18.2 Å². The van der Waals surface area contributed by atoms with E-state index in [0.717, 1.165) is 24.5 Å². The van der Waals surface area contributed by atoms with Crippen LogP contribution in [-0.4, -0.2) is 7.05 Å². The van der Waals surface area contributed by atoms with Crippen LogP contribution in [0.4, 0.5) is 13.2 Å². The van der Waals surface area contributed by atoms with Crippen LogP contribution in [0.5, 0.6) is 0 Å². The van der Waals surface area contributed by atoms with Gasteiger partial charge in [0, 0.05) is 11.6 Å². The number of fused-ring (bicyclic) bond motifs is 1. The van der Waals surface area contributed by atoms with Gasteiger partial charge in [-0.15, -0.1) is 0 Å². The van der Waals surface area contributed by atoms with Gasteiger partial charge in [-0.05, 0) is 48.7 Å². The van der Waals surface area contributed by atoms with E-state index in [4.69, 9.17) is 0 Å². The van der Waals surface area contributed by atoms with E-state index in [1.54, 1.807) is 6.07 Å². The van der Waals surface area contributed by atoms with Crippen LogP contribution in [-0.2, 0) is 6.42 Å². The molecule has 0 aromatic heterocycles. The van der Waals surface area contributed by atoms with Crippen LogP contribution in [0.25, 0.3) is 11.1 Å². The molecular formula is C16H14F3N. The Morgan fingerprint density at radius 1 is 1.05 bits per heavy atom. The molecule has 3 rings (SSSR count). The smallest absolute Gasteiger partial charge is 0.195 e. The van der Waals surface area contributed by atoms with Crippen LogP contribution in [0.15, 0.2) is 30.3 Å². The summed E-state index contributed by atoms with van der Waals surface area (Å²) in [6, 6.07) is 8.10. The number of hydrogen-bond donors (Lipinski definition) is 1. The molecule has 0 spiro atoms. The molecular weight excluding hydrogens is 263 g/mol.